The molecule has 0 heterocycles. The number of aliphatic carboxylic acids is 1. The van der Waals surface area contributed by atoms with Gasteiger partial charge < -0.3 is 15.7 Å². The summed E-state index contributed by atoms with van der Waals surface area (Å²) in [4.78, 5) is 33.3. The molecule has 0 aromatic heterocycles. The number of amides is 2. The van der Waals surface area contributed by atoms with Crippen molar-refractivity contribution in [2.75, 3.05) is 12.3 Å². The summed E-state index contributed by atoms with van der Waals surface area (Å²) in [6.07, 6.45) is 0.479. The first-order chi connectivity index (χ1) is 10.5. The number of nitrogens with one attached hydrogen (secondary N) is 2. The molecule has 0 radical (unpaired) electrons. The van der Waals surface area contributed by atoms with E-state index in [0.29, 0.717) is 12.2 Å². The third kappa shape index (κ3) is 8.31. The molecule has 7 heteroatoms. The number of carboxylic acid groups (broad SMARTS) is 1. The van der Waals surface area contributed by atoms with E-state index < -0.39 is 12.0 Å². The average molecular weight is 324 g/mol. The lowest BCUT2D eigenvalue weighted by Crippen LogP contribution is -2.45. The predicted octanol–water partition coefficient (Wildman–Crippen LogP) is 1.65. The van der Waals surface area contributed by atoms with Crippen LogP contribution in [0.15, 0.2) is 30.3 Å². The van der Waals surface area contributed by atoms with Crippen molar-refractivity contribution >= 4 is 28.9 Å². The van der Waals surface area contributed by atoms with Crippen molar-refractivity contribution in [2.24, 2.45) is 0 Å². The van der Waals surface area contributed by atoms with Gasteiger partial charge in [0, 0.05) is 25.3 Å². The fraction of sp³-hybridized carbons (Fsp3) is 0.400. The molecule has 2 amide bonds. The van der Waals surface area contributed by atoms with E-state index in [1.165, 1.54) is 6.92 Å². The van der Waals surface area contributed by atoms with Crippen LogP contribution in [0.1, 0.15) is 18.9 Å². The van der Waals surface area contributed by atoms with Gasteiger partial charge in [0.05, 0.1) is 6.42 Å². The summed E-state index contributed by atoms with van der Waals surface area (Å²) in [6, 6.07) is 9.02. The van der Waals surface area contributed by atoms with Crippen LogP contribution in [0.25, 0.3) is 0 Å². The molecular weight excluding hydrogens is 304 g/mol. The molecule has 1 unspecified atom stereocenters. The van der Waals surface area contributed by atoms with Crippen molar-refractivity contribution in [3.8, 4) is 0 Å². The molecule has 0 saturated heterocycles. The number of carboxylic acids is 1. The number of rotatable bonds is 8. The third-order valence-electron chi connectivity index (χ3n) is 2.77. The Morgan fingerprint density at radius 2 is 1.91 bits per heavy atom. The molecule has 3 N–H and O–H groups in total. The number of hydrogen-bond acceptors (Lipinski definition) is 4. The largest absolute Gasteiger partial charge is 0.481 e. The molecule has 6 nitrogen and oxygen atoms in total. The summed E-state index contributed by atoms with van der Waals surface area (Å²) in [5.41, 5.74) is 1.06. The Morgan fingerprint density at radius 1 is 1.23 bits per heavy atom. The Morgan fingerprint density at radius 3 is 2.50 bits per heavy atom. The highest BCUT2D eigenvalue weighted by molar-refractivity contribution is 8.13. The molecule has 22 heavy (non-hydrogen) atoms. The molecule has 0 aliphatic heterocycles. The smallest absolute Gasteiger partial charge is 0.315 e. The monoisotopic (exact) mass is 324 g/mol. The molecule has 0 aliphatic rings. The summed E-state index contributed by atoms with van der Waals surface area (Å²) in [7, 11) is 0. The van der Waals surface area contributed by atoms with Gasteiger partial charge in [0.25, 0.3) is 0 Å². The Kier molecular flexibility index (Phi) is 8.06. The van der Waals surface area contributed by atoms with Gasteiger partial charge in [-0.3, -0.25) is 9.59 Å². The number of benzene rings is 1. The second-order valence-electron chi connectivity index (χ2n) is 4.73. The van der Waals surface area contributed by atoms with Gasteiger partial charge in [-0.1, -0.05) is 42.1 Å². The number of carbonyl (C=O) groups is 3. The molecule has 1 aromatic carbocycles. The quantitative estimate of drug-likeness (QED) is 0.676. The van der Waals surface area contributed by atoms with E-state index in [-0.39, 0.29) is 24.1 Å². The fourth-order valence-electron chi connectivity index (χ4n) is 1.79. The lowest BCUT2D eigenvalue weighted by Gasteiger charge is -2.18. The number of carbonyl (C=O) groups excluding carboxylic acids is 2. The Balaban J connectivity index is 2.51. The molecule has 120 valence electrons. The molecule has 0 bridgehead atoms. The second-order valence-corrected chi connectivity index (χ2v) is 5.93. The average Bonchev–Trinajstić information content (AvgIpc) is 2.45. The first-order valence-corrected chi connectivity index (χ1v) is 7.89. The SMILES string of the molecule is CC(=O)SCC(Cc1ccccc1)NC(=O)NCCC(=O)O. The van der Waals surface area contributed by atoms with Crippen molar-refractivity contribution in [3.63, 3.8) is 0 Å². The number of hydrogen-bond donors (Lipinski definition) is 3. The molecule has 1 rings (SSSR count). The highest BCUT2D eigenvalue weighted by Gasteiger charge is 2.14. The van der Waals surface area contributed by atoms with Crippen LogP contribution >= 0.6 is 11.8 Å². The zero-order chi connectivity index (χ0) is 16.4. The van der Waals surface area contributed by atoms with Gasteiger partial charge >= 0.3 is 12.0 Å². The van der Waals surface area contributed by atoms with Crippen LogP contribution in [-0.4, -0.2) is 40.6 Å². The van der Waals surface area contributed by atoms with Crippen LogP contribution in [0.5, 0.6) is 0 Å². The summed E-state index contributed by atoms with van der Waals surface area (Å²) in [5, 5.41) is 13.8. The van der Waals surface area contributed by atoms with Gasteiger partial charge in [-0.05, 0) is 12.0 Å². The summed E-state index contributed by atoms with van der Waals surface area (Å²) >= 11 is 1.15. The summed E-state index contributed by atoms with van der Waals surface area (Å²) < 4.78 is 0. The van der Waals surface area contributed by atoms with Gasteiger partial charge in [-0.25, -0.2) is 4.79 Å². The Bertz CT molecular complexity index is 508. The van der Waals surface area contributed by atoms with Crippen LogP contribution < -0.4 is 10.6 Å². The maximum atomic E-state index is 11.8. The Labute approximate surface area is 133 Å². The van der Waals surface area contributed by atoms with E-state index in [1.54, 1.807) is 0 Å². The van der Waals surface area contributed by atoms with E-state index in [0.717, 1.165) is 17.3 Å². The van der Waals surface area contributed by atoms with Crippen molar-refractivity contribution in [1.29, 1.82) is 0 Å². The fourth-order valence-corrected chi connectivity index (χ4v) is 2.42. The van der Waals surface area contributed by atoms with Gasteiger partial charge in [0.15, 0.2) is 5.12 Å². The number of thioether (sulfide) groups is 1. The molecule has 0 saturated carbocycles. The molecule has 0 spiro atoms. The van der Waals surface area contributed by atoms with E-state index in [9.17, 15) is 14.4 Å². The van der Waals surface area contributed by atoms with Crippen molar-refractivity contribution in [2.45, 2.75) is 25.8 Å². The minimum Gasteiger partial charge on any atom is -0.481 e. The zero-order valence-corrected chi connectivity index (χ0v) is 13.2. The summed E-state index contributed by atoms with van der Waals surface area (Å²) in [6.45, 7) is 1.55. The first kappa shape index (κ1) is 18.0. The maximum Gasteiger partial charge on any atom is 0.315 e. The van der Waals surface area contributed by atoms with Gasteiger partial charge in [0.1, 0.15) is 0 Å². The van der Waals surface area contributed by atoms with E-state index in [2.05, 4.69) is 10.6 Å². The molecule has 0 fully saturated rings. The van der Waals surface area contributed by atoms with Crippen LogP contribution in [0.4, 0.5) is 4.79 Å². The zero-order valence-electron chi connectivity index (χ0n) is 12.4. The van der Waals surface area contributed by atoms with Crippen LogP contribution in [0.3, 0.4) is 0 Å². The van der Waals surface area contributed by atoms with E-state index in [1.807, 2.05) is 30.3 Å². The second kappa shape index (κ2) is 9.83. The minimum absolute atomic E-state index is 0.00820. The first-order valence-electron chi connectivity index (χ1n) is 6.91. The number of urea groups is 1. The van der Waals surface area contributed by atoms with E-state index in [4.69, 9.17) is 5.11 Å². The van der Waals surface area contributed by atoms with Crippen LogP contribution in [-0.2, 0) is 16.0 Å². The van der Waals surface area contributed by atoms with Crippen molar-refractivity contribution in [1.82, 2.24) is 10.6 Å². The predicted molar refractivity (Wildman–Crippen MR) is 85.9 cm³/mol. The Hall–Kier alpha value is -2.02. The highest BCUT2D eigenvalue weighted by atomic mass is 32.2. The lowest BCUT2D eigenvalue weighted by molar-refractivity contribution is -0.136. The standard InChI is InChI=1S/C15H20N2O4S/c1-11(18)22-10-13(9-12-5-3-2-4-6-12)17-15(21)16-8-7-14(19)20/h2-6,13H,7-10H2,1H3,(H,19,20)(H2,16,17,21). The molecule has 1 atom stereocenters. The van der Waals surface area contributed by atoms with Crippen molar-refractivity contribution in [3.05, 3.63) is 35.9 Å². The van der Waals surface area contributed by atoms with Gasteiger partial charge in [0.2, 0.25) is 0 Å². The highest BCUT2D eigenvalue weighted by Crippen LogP contribution is 2.09. The summed E-state index contributed by atoms with van der Waals surface area (Å²) in [5.74, 6) is -0.496. The van der Waals surface area contributed by atoms with Gasteiger partial charge in [-0.15, -0.1) is 0 Å². The molecule has 0 aliphatic carbocycles. The normalized spacial score (nSPS) is 11.5. The van der Waals surface area contributed by atoms with Crippen LogP contribution in [0, 0.1) is 0 Å². The van der Waals surface area contributed by atoms with Gasteiger partial charge in [-0.2, -0.15) is 0 Å². The van der Waals surface area contributed by atoms with Crippen LogP contribution in [0.2, 0.25) is 0 Å². The molecular formula is C15H20N2O4S. The third-order valence-corrected chi connectivity index (χ3v) is 3.75. The maximum absolute atomic E-state index is 11.8. The van der Waals surface area contributed by atoms with Crippen molar-refractivity contribution < 1.29 is 19.5 Å². The lowest BCUT2D eigenvalue weighted by atomic mass is 10.1. The van der Waals surface area contributed by atoms with E-state index >= 15 is 0 Å². The topological polar surface area (TPSA) is 95.5 Å². The molecule has 1 aromatic rings. The minimum atomic E-state index is -0.965.